The molecule has 0 spiro atoms. The molecule has 0 N–H and O–H groups in total. The van der Waals surface area contributed by atoms with E-state index in [4.69, 9.17) is 4.74 Å². The number of halogens is 2. The molecule has 0 saturated heterocycles. The Morgan fingerprint density at radius 1 is 1.25 bits per heavy atom. The van der Waals surface area contributed by atoms with Gasteiger partial charge in [-0.05, 0) is 60.0 Å². The molecule has 20 heavy (non-hydrogen) atoms. The van der Waals surface area contributed by atoms with E-state index >= 15 is 0 Å². The molecule has 1 aromatic carbocycles. The molecule has 2 aromatic rings. The van der Waals surface area contributed by atoms with Gasteiger partial charge >= 0.3 is 0 Å². The lowest BCUT2D eigenvalue weighted by Gasteiger charge is -2.14. The highest BCUT2D eigenvalue weighted by atomic mass is 79.9. The highest BCUT2D eigenvalue weighted by Gasteiger charge is 2.11. The van der Waals surface area contributed by atoms with Gasteiger partial charge in [0.05, 0.1) is 10.7 Å². The lowest BCUT2D eigenvalue weighted by Crippen LogP contribution is -2.17. The summed E-state index contributed by atoms with van der Waals surface area (Å²) in [7, 11) is 0. The van der Waals surface area contributed by atoms with E-state index in [0.717, 1.165) is 0 Å². The molecule has 106 valence electrons. The maximum atomic E-state index is 13.3. The van der Waals surface area contributed by atoms with Crippen LogP contribution in [0.4, 0.5) is 4.39 Å². The molecule has 0 amide bonds. The average Bonchev–Trinajstić information content (AvgIpc) is 2.35. The van der Waals surface area contributed by atoms with E-state index in [9.17, 15) is 9.18 Å². The Labute approximate surface area is 125 Å². The minimum atomic E-state index is -0.287. The van der Waals surface area contributed by atoms with Crippen LogP contribution in [0.25, 0.3) is 0 Å². The second-order valence-electron chi connectivity index (χ2n) is 4.58. The molecule has 0 aliphatic heterocycles. The van der Waals surface area contributed by atoms with Crippen molar-refractivity contribution in [2.24, 2.45) is 0 Å². The predicted octanol–water partition coefficient (Wildman–Crippen LogP) is 4.18. The molecular weight excluding hydrogens is 325 g/mol. The first-order chi connectivity index (χ1) is 9.42. The summed E-state index contributed by atoms with van der Waals surface area (Å²) >= 11 is 3.32. The van der Waals surface area contributed by atoms with Gasteiger partial charge in [-0.15, -0.1) is 0 Å². The molecule has 0 bridgehead atoms. The van der Waals surface area contributed by atoms with Crippen molar-refractivity contribution in [3.05, 3.63) is 56.2 Å². The Bertz CT molecular complexity index is 687. The lowest BCUT2D eigenvalue weighted by molar-refractivity contribution is 0.461. The number of hydrogen-bond donors (Lipinski definition) is 0. The number of rotatable bonds is 3. The van der Waals surface area contributed by atoms with Crippen LogP contribution in [0.2, 0.25) is 0 Å². The minimum Gasteiger partial charge on any atom is -0.454 e. The largest absolute Gasteiger partial charge is 0.454 e. The van der Waals surface area contributed by atoms with Crippen molar-refractivity contribution in [3.8, 4) is 11.5 Å². The Kier molecular flexibility index (Phi) is 4.28. The highest BCUT2D eigenvalue weighted by molar-refractivity contribution is 9.10. The fraction of sp³-hybridized carbons (Fsp3) is 0.267. The highest BCUT2D eigenvalue weighted by Crippen LogP contribution is 2.33. The summed E-state index contributed by atoms with van der Waals surface area (Å²) in [5.41, 5.74) is 1.33. The average molecular weight is 340 g/mol. The van der Waals surface area contributed by atoms with Crippen molar-refractivity contribution in [3.63, 3.8) is 0 Å². The molecule has 0 unspecified atom stereocenters. The van der Waals surface area contributed by atoms with E-state index in [-0.39, 0.29) is 11.4 Å². The van der Waals surface area contributed by atoms with Crippen molar-refractivity contribution in [2.75, 3.05) is 0 Å². The smallest absolute Gasteiger partial charge is 0.251 e. The van der Waals surface area contributed by atoms with Gasteiger partial charge in [-0.25, -0.2) is 4.39 Å². The second-order valence-corrected chi connectivity index (χ2v) is 5.43. The van der Waals surface area contributed by atoms with Crippen LogP contribution in [0.5, 0.6) is 11.5 Å². The van der Waals surface area contributed by atoms with Gasteiger partial charge in [0, 0.05) is 12.6 Å². The number of hydrogen-bond acceptors (Lipinski definition) is 2. The Hall–Kier alpha value is -1.62. The molecule has 0 fully saturated rings. The van der Waals surface area contributed by atoms with Crippen LogP contribution < -0.4 is 10.3 Å². The first-order valence-electron chi connectivity index (χ1n) is 6.27. The number of nitrogens with zero attached hydrogens (tertiary/aromatic N) is 1. The summed E-state index contributed by atoms with van der Waals surface area (Å²) in [4.78, 5) is 11.7. The zero-order chi connectivity index (χ0) is 14.9. The van der Waals surface area contributed by atoms with Gasteiger partial charge in [0.25, 0.3) is 5.56 Å². The molecule has 2 rings (SSSR count). The van der Waals surface area contributed by atoms with Crippen LogP contribution in [0, 0.1) is 19.7 Å². The van der Waals surface area contributed by atoms with Crippen molar-refractivity contribution in [2.45, 2.75) is 27.3 Å². The van der Waals surface area contributed by atoms with E-state index in [2.05, 4.69) is 15.9 Å². The molecule has 3 nitrogen and oxygen atoms in total. The van der Waals surface area contributed by atoms with Crippen molar-refractivity contribution in [1.29, 1.82) is 0 Å². The Morgan fingerprint density at radius 2 is 1.85 bits per heavy atom. The van der Waals surface area contributed by atoms with Crippen LogP contribution in [0.3, 0.4) is 0 Å². The lowest BCUT2D eigenvalue weighted by atomic mass is 10.1. The topological polar surface area (TPSA) is 31.2 Å². The number of benzene rings is 1. The monoisotopic (exact) mass is 339 g/mol. The van der Waals surface area contributed by atoms with Gasteiger partial charge in [-0.1, -0.05) is 0 Å². The van der Waals surface area contributed by atoms with Gasteiger partial charge in [0.2, 0.25) is 0 Å². The summed E-state index contributed by atoms with van der Waals surface area (Å²) in [5.74, 6) is 0.850. The molecule has 5 heteroatoms. The van der Waals surface area contributed by atoms with Crippen LogP contribution in [0.1, 0.15) is 18.1 Å². The summed E-state index contributed by atoms with van der Waals surface area (Å²) < 4.78 is 21.3. The number of aryl methyl sites for hydroxylation is 3. The number of ether oxygens (including phenoxy) is 1. The van der Waals surface area contributed by atoms with Gasteiger partial charge in [-0.2, -0.15) is 0 Å². The van der Waals surface area contributed by atoms with Crippen molar-refractivity contribution >= 4 is 15.9 Å². The number of pyridine rings is 1. The Balaban J connectivity index is 2.48. The first-order valence-corrected chi connectivity index (χ1v) is 7.06. The Morgan fingerprint density at radius 3 is 2.40 bits per heavy atom. The SMILES string of the molecule is CCn1cc(Oc2c(C)cc(F)cc2C)c(Br)cc1=O. The van der Waals surface area contributed by atoms with Crippen LogP contribution in [-0.4, -0.2) is 4.57 Å². The van der Waals surface area contributed by atoms with Crippen LogP contribution >= 0.6 is 15.9 Å². The van der Waals surface area contributed by atoms with E-state index in [1.54, 1.807) is 24.6 Å². The summed E-state index contributed by atoms with van der Waals surface area (Å²) in [6, 6.07) is 4.31. The summed E-state index contributed by atoms with van der Waals surface area (Å²) in [6.07, 6.45) is 1.65. The van der Waals surface area contributed by atoms with E-state index in [1.165, 1.54) is 18.2 Å². The van der Waals surface area contributed by atoms with Crippen LogP contribution in [0.15, 0.2) is 33.7 Å². The third-order valence-corrected chi connectivity index (χ3v) is 3.64. The molecule has 0 atom stereocenters. The maximum Gasteiger partial charge on any atom is 0.251 e. The summed E-state index contributed by atoms with van der Waals surface area (Å²) in [5, 5.41) is 0. The summed E-state index contributed by atoms with van der Waals surface area (Å²) in [6.45, 7) is 6.02. The molecule has 1 heterocycles. The molecule has 1 aromatic heterocycles. The maximum absolute atomic E-state index is 13.3. The molecular formula is C15H15BrFNO2. The zero-order valence-electron chi connectivity index (χ0n) is 11.5. The van der Waals surface area contributed by atoms with Crippen molar-refractivity contribution < 1.29 is 9.13 Å². The van der Waals surface area contributed by atoms with Gasteiger partial charge in [0.15, 0.2) is 5.75 Å². The van der Waals surface area contributed by atoms with Gasteiger partial charge in [-0.3, -0.25) is 4.79 Å². The zero-order valence-corrected chi connectivity index (χ0v) is 13.1. The van der Waals surface area contributed by atoms with Gasteiger partial charge < -0.3 is 9.30 Å². The van der Waals surface area contributed by atoms with E-state index < -0.39 is 0 Å². The standard InChI is InChI=1S/C15H15BrFNO2/c1-4-18-8-13(12(16)7-14(18)19)20-15-9(2)5-11(17)6-10(15)3/h5-8H,4H2,1-3H3. The first kappa shape index (κ1) is 14.8. The quantitative estimate of drug-likeness (QED) is 0.839. The van der Waals surface area contributed by atoms with Crippen LogP contribution in [-0.2, 0) is 6.54 Å². The molecule has 0 radical (unpaired) electrons. The fourth-order valence-electron chi connectivity index (χ4n) is 2.02. The van der Waals surface area contributed by atoms with Gasteiger partial charge in [0.1, 0.15) is 11.6 Å². The van der Waals surface area contributed by atoms with E-state index in [1.807, 2.05) is 6.92 Å². The third-order valence-electron chi connectivity index (χ3n) is 3.02. The predicted molar refractivity (Wildman–Crippen MR) is 80.0 cm³/mol. The van der Waals surface area contributed by atoms with E-state index in [0.29, 0.717) is 33.6 Å². The van der Waals surface area contributed by atoms with Crippen molar-refractivity contribution in [1.82, 2.24) is 4.57 Å². The fourth-order valence-corrected chi connectivity index (χ4v) is 2.40. The minimum absolute atomic E-state index is 0.0979. The number of aromatic nitrogens is 1. The second kappa shape index (κ2) is 5.79. The molecule has 0 aliphatic rings. The molecule has 0 saturated carbocycles. The normalized spacial score (nSPS) is 10.7. The molecule has 0 aliphatic carbocycles. The third kappa shape index (κ3) is 2.93.